The summed E-state index contributed by atoms with van der Waals surface area (Å²) in [4.78, 5) is 13.0. The van der Waals surface area contributed by atoms with Crippen LogP contribution < -0.4 is 5.32 Å². The van der Waals surface area contributed by atoms with Gasteiger partial charge in [-0.2, -0.15) is 13.2 Å². The van der Waals surface area contributed by atoms with Crippen LogP contribution in [0, 0.1) is 0 Å². The van der Waals surface area contributed by atoms with E-state index in [9.17, 15) is 18.0 Å². The topological polar surface area (TPSA) is 41.6 Å². The Morgan fingerprint density at radius 1 is 1.33 bits per heavy atom. The predicted molar refractivity (Wildman–Crippen MR) is 60.0 cm³/mol. The number of ether oxygens (including phenoxy) is 1. The molecule has 1 aliphatic rings. The minimum absolute atomic E-state index is 0.0222. The van der Waals surface area contributed by atoms with Gasteiger partial charge in [0.25, 0.3) is 0 Å². The predicted octanol–water partition coefficient (Wildman–Crippen LogP) is 2.50. The summed E-state index contributed by atoms with van der Waals surface area (Å²) >= 11 is 0. The Bertz CT molecular complexity index is 300. The van der Waals surface area contributed by atoms with E-state index in [0.717, 1.165) is 0 Å². The molecule has 0 radical (unpaired) electrons. The van der Waals surface area contributed by atoms with Crippen LogP contribution in [0.25, 0.3) is 0 Å². The summed E-state index contributed by atoms with van der Waals surface area (Å²) in [5.74, 6) is 0. The van der Waals surface area contributed by atoms with Crippen molar-refractivity contribution in [3.05, 3.63) is 0 Å². The largest absolute Gasteiger partial charge is 0.457 e. The number of amides is 1. The third-order valence-corrected chi connectivity index (χ3v) is 2.44. The normalized spacial score (nSPS) is 21.9. The molecule has 1 heterocycles. The van der Waals surface area contributed by atoms with Crippen molar-refractivity contribution in [2.45, 2.75) is 51.6 Å². The van der Waals surface area contributed by atoms with E-state index in [1.54, 1.807) is 26.1 Å². The van der Waals surface area contributed by atoms with Gasteiger partial charge in [0.05, 0.1) is 0 Å². The van der Waals surface area contributed by atoms with Gasteiger partial charge in [0.15, 0.2) is 0 Å². The van der Waals surface area contributed by atoms with Crippen LogP contribution in [0.15, 0.2) is 0 Å². The Morgan fingerprint density at radius 2 is 1.94 bits per heavy atom. The number of hydrogen-bond acceptors (Lipinski definition) is 3. The number of halogens is 3. The van der Waals surface area contributed by atoms with Gasteiger partial charge in [-0.1, -0.05) is 0 Å². The van der Waals surface area contributed by atoms with Crippen LogP contribution in [0.4, 0.5) is 18.0 Å². The molecule has 1 fully saturated rings. The molecule has 0 saturated carbocycles. The van der Waals surface area contributed by atoms with Crippen molar-refractivity contribution in [1.82, 2.24) is 10.2 Å². The number of rotatable bonds is 1. The molecule has 0 aliphatic carbocycles. The Labute approximate surface area is 104 Å². The molecule has 1 atom stereocenters. The molecule has 18 heavy (non-hydrogen) atoms. The molecule has 0 aromatic rings. The lowest BCUT2D eigenvalue weighted by Gasteiger charge is -2.34. The molecule has 1 saturated heterocycles. The van der Waals surface area contributed by atoms with Gasteiger partial charge in [-0.3, -0.25) is 0 Å². The average Bonchev–Trinajstić information content (AvgIpc) is 2.12. The number of piperidine rings is 1. The first kappa shape index (κ1) is 15.1. The lowest BCUT2D eigenvalue weighted by atomic mass is 10.1. The molecule has 4 nitrogen and oxygen atoms in total. The third kappa shape index (κ3) is 5.57. The van der Waals surface area contributed by atoms with Crippen LogP contribution in [0.5, 0.6) is 0 Å². The summed E-state index contributed by atoms with van der Waals surface area (Å²) in [5, 5.41) is 1.56. The highest BCUT2D eigenvalue weighted by Crippen LogP contribution is 2.19. The van der Waals surface area contributed by atoms with Crippen molar-refractivity contribution < 1.29 is 22.7 Å². The Morgan fingerprint density at radius 3 is 2.44 bits per heavy atom. The fourth-order valence-electron chi connectivity index (χ4n) is 1.82. The molecule has 0 aromatic carbocycles. The lowest BCUT2D eigenvalue weighted by Crippen LogP contribution is -2.52. The van der Waals surface area contributed by atoms with E-state index in [-0.39, 0.29) is 6.54 Å². The third-order valence-electron chi connectivity index (χ3n) is 2.44. The zero-order valence-electron chi connectivity index (χ0n) is 10.8. The highest BCUT2D eigenvalue weighted by Gasteiger charge is 2.35. The molecule has 1 aliphatic heterocycles. The Balaban J connectivity index is 2.51. The average molecular weight is 268 g/mol. The van der Waals surface area contributed by atoms with Crippen LogP contribution in [-0.4, -0.2) is 42.0 Å². The second-order valence-corrected chi connectivity index (χ2v) is 5.41. The van der Waals surface area contributed by atoms with Gasteiger partial charge in [0.1, 0.15) is 5.60 Å². The first-order valence-corrected chi connectivity index (χ1v) is 5.89. The summed E-state index contributed by atoms with van der Waals surface area (Å²) < 4.78 is 41.7. The van der Waals surface area contributed by atoms with E-state index in [1.807, 2.05) is 0 Å². The number of carbonyl (C=O) groups excluding carboxylic acids is 1. The molecule has 1 amide bonds. The second-order valence-electron chi connectivity index (χ2n) is 5.41. The van der Waals surface area contributed by atoms with E-state index >= 15 is 0 Å². The molecular formula is C11H19F3N2O2. The molecular weight excluding hydrogens is 249 g/mol. The number of alkyl halides is 3. The number of hydrogen-bond donors (Lipinski definition) is 1. The Kier molecular flexibility index (Phi) is 4.47. The summed E-state index contributed by atoms with van der Waals surface area (Å²) in [6.07, 6.45) is -4.04. The summed E-state index contributed by atoms with van der Waals surface area (Å²) in [7, 11) is 0. The first-order valence-electron chi connectivity index (χ1n) is 5.89. The SMILES string of the molecule is CC(C)(C)OC(=O)N1CCCC(NC(F)(F)F)C1. The van der Waals surface area contributed by atoms with Gasteiger partial charge >= 0.3 is 12.4 Å². The highest BCUT2D eigenvalue weighted by atomic mass is 19.4. The van der Waals surface area contributed by atoms with Gasteiger partial charge in [0, 0.05) is 19.1 Å². The highest BCUT2D eigenvalue weighted by molar-refractivity contribution is 5.68. The van der Waals surface area contributed by atoms with E-state index in [1.165, 1.54) is 4.90 Å². The van der Waals surface area contributed by atoms with Crippen LogP contribution in [-0.2, 0) is 4.74 Å². The minimum atomic E-state index is -4.42. The standard InChI is InChI=1S/C11H19F3N2O2/c1-10(2,3)18-9(17)16-6-4-5-8(7-16)15-11(12,13)14/h8,15H,4-7H2,1-3H3. The van der Waals surface area contributed by atoms with Crippen molar-refractivity contribution >= 4 is 6.09 Å². The fourth-order valence-corrected chi connectivity index (χ4v) is 1.82. The maximum absolute atomic E-state index is 12.2. The van der Waals surface area contributed by atoms with Gasteiger partial charge < -0.3 is 9.64 Å². The van der Waals surface area contributed by atoms with Gasteiger partial charge in [-0.15, -0.1) is 0 Å². The van der Waals surface area contributed by atoms with Gasteiger partial charge in [0.2, 0.25) is 0 Å². The molecule has 7 heteroatoms. The van der Waals surface area contributed by atoms with Crippen LogP contribution in [0.3, 0.4) is 0 Å². The smallest absolute Gasteiger partial charge is 0.444 e. The minimum Gasteiger partial charge on any atom is -0.444 e. The van der Waals surface area contributed by atoms with Gasteiger partial charge in [-0.25, -0.2) is 10.1 Å². The molecule has 106 valence electrons. The van der Waals surface area contributed by atoms with Crippen LogP contribution in [0.2, 0.25) is 0 Å². The molecule has 1 N–H and O–H groups in total. The van der Waals surface area contributed by atoms with E-state index < -0.39 is 24.0 Å². The van der Waals surface area contributed by atoms with Crippen molar-refractivity contribution in [2.75, 3.05) is 13.1 Å². The van der Waals surface area contributed by atoms with Crippen LogP contribution >= 0.6 is 0 Å². The fraction of sp³-hybridized carbons (Fsp3) is 0.909. The number of nitrogens with zero attached hydrogens (tertiary/aromatic N) is 1. The molecule has 1 unspecified atom stereocenters. The molecule has 0 spiro atoms. The van der Waals surface area contributed by atoms with Crippen molar-refractivity contribution in [3.8, 4) is 0 Å². The van der Waals surface area contributed by atoms with Crippen molar-refractivity contribution in [2.24, 2.45) is 0 Å². The van der Waals surface area contributed by atoms with E-state index in [0.29, 0.717) is 19.4 Å². The van der Waals surface area contributed by atoms with Crippen molar-refractivity contribution in [3.63, 3.8) is 0 Å². The number of likely N-dealkylation sites (tertiary alicyclic amines) is 1. The second kappa shape index (κ2) is 5.34. The molecule has 0 bridgehead atoms. The quantitative estimate of drug-likeness (QED) is 0.743. The zero-order valence-corrected chi connectivity index (χ0v) is 10.8. The molecule has 1 rings (SSSR count). The van der Waals surface area contributed by atoms with E-state index in [4.69, 9.17) is 4.74 Å². The van der Waals surface area contributed by atoms with Crippen molar-refractivity contribution in [1.29, 1.82) is 0 Å². The van der Waals surface area contributed by atoms with Crippen LogP contribution in [0.1, 0.15) is 33.6 Å². The maximum atomic E-state index is 12.2. The molecule has 0 aromatic heterocycles. The lowest BCUT2D eigenvalue weighted by molar-refractivity contribution is -0.166. The Hall–Kier alpha value is -0.980. The van der Waals surface area contributed by atoms with Gasteiger partial charge in [-0.05, 0) is 33.6 Å². The number of nitrogens with one attached hydrogen (secondary N) is 1. The summed E-state index contributed by atoms with van der Waals surface area (Å²) in [5.41, 5.74) is -0.637. The first-order chi connectivity index (χ1) is 8.07. The summed E-state index contributed by atoms with van der Waals surface area (Å²) in [6, 6.07) is -0.758. The summed E-state index contributed by atoms with van der Waals surface area (Å²) in [6.45, 7) is 5.63. The monoisotopic (exact) mass is 268 g/mol. The number of carbonyl (C=O) groups is 1. The van der Waals surface area contributed by atoms with E-state index in [2.05, 4.69) is 0 Å². The maximum Gasteiger partial charge on any atom is 0.457 e. The zero-order chi connectivity index (χ0) is 14.0.